The van der Waals surface area contributed by atoms with Crippen LogP contribution in [0.3, 0.4) is 0 Å². The maximum absolute atomic E-state index is 10.8. The van der Waals surface area contributed by atoms with Crippen molar-refractivity contribution < 1.29 is 19.8 Å². The molecule has 0 unspecified atom stereocenters. The van der Waals surface area contributed by atoms with Crippen molar-refractivity contribution in [3.63, 3.8) is 0 Å². The number of rotatable bonds is 7. The number of carbonyl (C=O) groups is 2. The average Bonchev–Trinajstić information content (AvgIpc) is 3.17. The third kappa shape index (κ3) is 6.06. The first-order valence-corrected chi connectivity index (χ1v) is 10.2. The molecule has 0 aliphatic heterocycles. The van der Waals surface area contributed by atoms with Crippen LogP contribution < -0.4 is 11.5 Å². The Morgan fingerprint density at radius 3 is 2.10 bits per heavy atom. The fraction of sp³-hybridized carbons (Fsp3) is 0.286. The Bertz CT molecular complexity index is 979. The number of carboxylic acid groups (broad SMARTS) is 2. The number of aliphatic carboxylic acids is 2. The van der Waals surface area contributed by atoms with E-state index in [1.165, 1.54) is 11.8 Å². The second-order valence-electron chi connectivity index (χ2n) is 6.75. The third-order valence-corrected chi connectivity index (χ3v) is 5.76. The summed E-state index contributed by atoms with van der Waals surface area (Å²) in [6.45, 7) is 3.56. The largest absolute Gasteiger partial charge is 0.480 e. The van der Waals surface area contributed by atoms with Gasteiger partial charge in [0.1, 0.15) is 12.1 Å². The van der Waals surface area contributed by atoms with E-state index >= 15 is 0 Å². The number of aromatic nitrogens is 2. The molecule has 8 nitrogen and oxygen atoms in total. The highest BCUT2D eigenvalue weighted by Gasteiger charge is 2.23. The van der Waals surface area contributed by atoms with E-state index in [1.54, 1.807) is 17.8 Å². The van der Waals surface area contributed by atoms with Gasteiger partial charge in [-0.15, -0.1) is 11.8 Å². The lowest BCUT2D eigenvalue weighted by Crippen LogP contribution is -2.38. The number of para-hydroxylation sites is 1. The van der Waals surface area contributed by atoms with Gasteiger partial charge in [-0.3, -0.25) is 14.3 Å². The van der Waals surface area contributed by atoms with Gasteiger partial charge < -0.3 is 21.7 Å². The highest BCUT2D eigenvalue weighted by Crippen LogP contribution is 2.24. The fourth-order valence-electron chi connectivity index (χ4n) is 2.66. The molecule has 30 heavy (non-hydrogen) atoms. The van der Waals surface area contributed by atoms with Crippen molar-refractivity contribution in [1.82, 2.24) is 9.78 Å². The highest BCUT2D eigenvalue weighted by atomic mass is 32.2. The van der Waals surface area contributed by atoms with Gasteiger partial charge in [0.15, 0.2) is 0 Å². The van der Waals surface area contributed by atoms with Crippen LogP contribution in [0.15, 0.2) is 65.7 Å². The van der Waals surface area contributed by atoms with Crippen LogP contribution in [0.5, 0.6) is 0 Å². The Labute approximate surface area is 178 Å². The zero-order valence-corrected chi connectivity index (χ0v) is 17.6. The topological polar surface area (TPSA) is 144 Å². The molecule has 0 radical (unpaired) electrons. The van der Waals surface area contributed by atoms with Gasteiger partial charge in [-0.1, -0.05) is 43.3 Å². The van der Waals surface area contributed by atoms with E-state index in [9.17, 15) is 9.59 Å². The second kappa shape index (κ2) is 10.8. The zero-order chi connectivity index (χ0) is 22.3. The zero-order valence-electron chi connectivity index (χ0n) is 16.8. The van der Waals surface area contributed by atoms with Crippen LogP contribution in [0.1, 0.15) is 19.9 Å². The van der Waals surface area contributed by atoms with Gasteiger partial charge in [0.05, 0.1) is 17.8 Å². The number of nitrogens with zero attached hydrogens (tertiary/aromatic N) is 2. The average molecular weight is 431 g/mol. The number of benzene rings is 2. The molecular formula is C21H26N4O4S. The molecule has 0 aliphatic rings. The molecule has 0 spiro atoms. The normalized spacial score (nSPS) is 14.8. The molecule has 6 N–H and O–H groups in total. The minimum absolute atomic E-state index is 0.130. The minimum Gasteiger partial charge on any atom is -0.480 e. The summed E-state index contributed by atoms with van der Waals surface area (Å²) in [6.07, 6.45) is 1.71. The number of carboxylic acids is 2. The summed E-state index contributed by atoms with van der Waals surface area (Å²) >= 11 is 1.47. The van der Waals surface area contributed by atoms with Crippen LogP contribution in [0.4, 0.5) is 0 Å². The van der Waals surface area contributed by atoms with E-state index in [0.717, 1.165) is 15.8 Å². The summed E-state index contributed by atoms with van der Waals surface area (Å²) in [6, 6.07) is 15.1. The van der Waals surface area contributed by atoms with Crippen LogP contribution in [-0.2, 0) is 9.59 Å². The van der Waals surface area contributed by atoms with Crippen LogP contribution in [-0.4, -0.2) is 49.3 Å². The van der Waals surface area contributed by atoms with Gasteiger partial charge in [-0.05, 0) is 25.1 Å². The monoisotopic (exact) mass is 430 g/mol. The summed E-state index contributed by atoms with van der Waals surface area (Å²) in [4.78, 5) is 22.4. The van der Waals surface area contributed by atoms with E-state index in [-0.39, 0.29) is 11.3 Å². The quantitative estimate of drug-likeness (QED) is 0.419. The van der Waals surface area contributed by atoms with Crippen molar-refractivity contribution in [3.8, 4) is 0 Å². The molecular weight excluding hydrogens is 404 g/mol. The smallest absolute Gasteiger partial charge is 0.322 e. The summed E-state index contributed by atoms with van der Waals surface area (Å²) in [5.41, 5.74) is 12.0. The fourth-order valence-corrected chi connectivity index (χ4v) is 3.67. The first-order chi connectivity index (χ1) is 14.2. The molecule has 2 aromatic carbocycles. The van der Waals surface area contributed by atoms with Gasteiger partial charge in [-0.25, -0.2) is 0 Å². The summed E-state index contributed by atoms with van der Waals surface area (Å²) in [7, 11) is 0. The van der Waals surface area contributed by atoms with Gasteiger partial charge in [0.25, 0.3) is 0 Å². The highest BCUT2D eigenvalue weighted by molar-refractivity contribution is 8.00. The van der Waals surface area contributed by atoms with Crippen molar-refractivity contribution in [2.75, 3.05) is 0 Å². The molecule has 1 aromatic heterocycles. The number of nitrogens with two attached hydrogens (primary N) is 2. The lowest BCUT2D eigenvalue weighted by molar-refractivity contribution is -0.140. The number of fused-ring (bicyclic) bond motifs is 1. The maximum Gasteiger partial charge on any atom is 0.322 e. The predicted octanol–water partition coefficient (Wildman–Crippen LogP) is 2.59. The van der Waals surface area contributed by atoms with E-state index in [0.29, 0.717) is 0 Å². The molecule has 4 atom stereocenters. The van der Waals surface area contributed by atoms with Crippen LogP contribution in [0.2, 0.25) is 0 Å². The molecule has 160 valence electrons. The number of hydrogen-bond donors (Lipinski definition) is 4. The third-order valence-electron chi connectivity index (χ3n) is 4.55. The van der Waals surface area contributed by atoms with Crippen molar-refractivity contribution in [2.45, 2.75) is 42.1 Å². The molecule has 0 saturated heterocycles. The van der Waals surface area contributed by atoms with E-state index in [1.807, 2.05) is 61.5 Å². The Morgan fingerprint density at radius 2 is 1.50 bits per heavy atom. The maximum atomic E-state index is 10.8. The molecule has 1 heterocycles. The van der Waals surface area contributed by atoms with Gasteiger partial charge in [0.2, 0.25) is 0 Å². The molecule has 3 aromatic rings. The van der Waals surface area contributed by atoms with Crippen molar-refractivity contribution in [2.24, 2.45) is 11.5 Å². The lowest BCUT2D eigenvalue weighted by atomic mass is 10.1. The van der Waals surface area contributed by atoms with E-state index < -0.39 is 24.0 Å². The van der Waals surface area contributed by atoms with Crippen LogP contribution >= 0.6 is 11.8 Å². The molecule has 0 saturated carbocycles. The Balaban J connectivity index is 0.000000216. The number of thioether (sulfide) groups is 1. The first-order valence-electron chi connectivity index (χ1n) is 9.33. The number of hydrogen-bond acceptors (Lipinski definition) is 6. The Morgan fingerprint density at radius 1 is 0.933 bits per heavy atom. The van der Waals surface area contributed by atoms with Crippen LogP contribution in [0.25, 0.3) is 10.9 Å². The van der Waals surface area contributed by atoms with E-state index in [4.69, 9.17) is 21.7 Å². The molecule has 0 aliphatic carbocycles. The summed E-state index contributed by atoms with van der Waals surface area (Å²) < 4.78 is 1.65. The first kappa shape index (κ1) is 23.4. The molecule has 0 fully saturated rings. The second-order valence-corrected chi connectivity index (χ2v) is 8.20. The van der Waals surface area contributed by atoms with Gasteiger partial charge in [0, 0.05) is 15.5 Å². The summed E-state index contributed by atoms with van der Waals surface area (Å²) in [5, 5.41) is 22.6. The van der Waals surface area contributed by atoms with Crippen molar-refractivity contribution >= 4 is 34.6 Å². The van der Waals surface area contributed by atoms with E-state index in [2.05, 4.69) is 5.10 Å². The molecule has 9 heteroatoms. The van der Waals surface area contributed by atoms with Gasteiger partial charge in [-0.2, -0.15) is 5.10 Å². The minimum atomic E-state index is -1.02. The SMILES string of the molecule is C[C@@H](Sc1ccccc1)[C@H](N)C(=O)O.C[C@H]([C@H](N)C(=O)O)n1ncc2ccccc21. The predicted molar refractivity (Wildman–Crippen MR) is 117 cm³/mol. The Kier molecular flexibility index (Phi) is 8.40. The Hall–Kier alpha value is -2.88. The molecule has 3 rings (SSSR count). The molecule has 0 amide bonds. The lowest BCUT2D eigenvalue weighted by Gasteiger charge is -2.17. The summed E-state index contributed by atoms with van der Waals surface area (Å²) in [5.74, 6) is -1.98. The standard InChI is InChI=1S/C11H13N3O2.C10H13NO2S/c1-7(10(12)11(15)16)14-9-5-3-2-4-8(9)6-13-14;1-7(9(11)10(12)13)14-8-5-3-2-4-6-8/h2-7,10H,12H2,1H3,(H,15,16);2-7,9H,11H2,1H3,(H,12,13)/t7-,10+;7-,9+/m11/s1. The molecule has 0 bridgehead atoms. The van der Waals surface area contributed by atoms with Crippen molar-refractivity contribution in [3.05, 3.63) is 60.8 Å². The van der Waals surface area contributed by atoms with Crippen molar-refractivity contribution in [1.29, 1.82) is 0 Å². The van der Waals surface area contributed by atoms with Crippen LogP contribution in [0, 0.1) is 0 Å². The van der Waals surface area contributed by atoms with Gasteiger partial charge >= 0.3 is 11.9 Å².